The summed E-state index contributed by atoms with van der Waals surface area (Å²) >= 11 is 3.51. The fourth-order valence-electron chi connectivity index (χ4n) is 2.06. The second-order valence-electron chi connectivity index (χ2n) is 4.98. The molecule has 0 amide bonds. The Morgan fingerprint density at radius 2 is 1.85 bits per heavy atom. The Kier molecular flexibility index (Phi) is 5.21. The molecule has 0 radical (unpaired) electrons. The van der Waals surface area contributed by atoms with Crippen molar-refractivity contribution in [2.45, 2.75) is 26.4 Å². The maximum absolute atomic E-state index is 5.24. The van der Waals surface area contributed by atoms with Gasteiger partial charge in [0.15, 0.2) is 0 Å². The van der Waals surface area contributed by atoms with Gasteiger partial charge in [-0.1, -0.05) is 35.9 Å². The lowest BCUT2D eigenvalue weighted by Crippen LogP contribution is -2.18. The number of methoxy groups -OCH3 is 1. The molecule has 0 aliphatic rings. The molecule has 0 bridgehead atoms. The van der Waals surface area contributed by atoms with E-state index in [1.165, 1.54) is 16.7 Å². The number of aryl methyl sites for hydroxylation is 1. The van der Waals surface area contributed by atoms with Crippen LogP contribution in [0.3, 0.4) is 0 Å². The van der Waals surface area contributed by atoms with E-state index in [0.717, 1.165) is 16.8 Å². The molecule has 0 spiro atoms. The van der Waals surface area contributed by atoms with Gasteiger partial charge in [-0.15, -0.1) is 0 Å². The van der Waals surface area contributed by atoms with Crippen molar-refractivity contribution in [3.63, 3.8) is 0 Å². The monoisotopic (exact) mass is 333 g/mol. The van der Waals surface area contributed by atoms with Crippen LogP contribution in [0.25, 0.3) is 0 Å². The zero-order valence-corrected chi connectivity index (χ0v) is 13.7. The highest BCUT2D eigenvalue weighted by atomic mass is 79.9. The van der Waals surface area contributed by atoms with E-state index in [-0.39, 0.29) is 0 Å². The predicted molar refractivity (Wildman–Crippen MR) is 87.1 cm³/mol. The molecular formula is C17H20BrNO. The Labute approximate surface area is 129 Å². The molecule has 0 aliphatic carbocycles. The lowest BCUT2D eigenvalue weighted by atomic mass is 10.1. The van der Waals surface area contributed by atoms with Gasteiger partial charge in [0, 0.05) is 12.6 Å². The molecule has 2 nitrogen and oxygen atoms in total. The van der Waals surface area contributed by atoms with Crippen LogP contribution in [0, 0.1) is 6.92 Å². The third-order valence-electron chi connectivity index (χ3n) is 3.41. The van der Waals surface area contributed by atoms with Crippen LogP contribution in [0.2, 0.25) is 0 Å². The number of hydrogen-bond donors (Lipinski definition) is 1. The second kappa shape index (κ2) is 6.91. The van der Waals surface area contributed by atoms with Crippen molar-refractivity contribution in [1.82, 2.24) is 5.32 Å². The summed E-state index contributed by atoms with van der Waals surface area (Å²) in [6.07, 6.45) is 0. The summed E-state index contributed by atoms with van der Waals surface area (Å²) in [4.78, 5) is 0. The quantitative estimate of drug-likeness (QED) is 0.862. The van der Waals surface area contributed by atoms with E-state index in [1.54, 1.807) is 7.11 Å². The summed E-state index contributed by atoms with van der Waals surface area (Å²) in [7, 11) is 1.68. The van der Waals surface area contributed by atoms with Crippen molar-refractivity contribution in [3.05, 3.63) is 63.6 Å². The molecule has 0 saturated heterocycles. The van der Waals surface area contributed by atoms with Gasteiger partial charge in [0.25, 0.3) is 0 Å². The summed E-state index contributed by atoms with van der Waals surface area (Å²) in [6.45, 7) is 5.12. The molecule has 1 atom stereocenters. The molecule has 20 heavy (non-hydrogen) atoms. The van der Waals surface area contributed by atoms with Gasteiger partial charge in [-0.2, -0.15) is 0 Å². The van der Waals surface area contributed by atoms with Crippen molar-refractivity contribution < 1.29 is 4.74 Å². The van der Waals surface area contributed by atoms with Gasteiger partial charge in [0.2, 0.25) is 0 Å². The van der Waals surface area contributed by atoms with Crippen LogP contribution in [0.4, 0.5) is 0 Å². The molecule has 0 saturated carbocycles. The van der Waals surface area contributed by atoms with Gasteiger partial charge in [0.05, 0.1) is 11.6 Å². The first-order valence-corrected chi connectivity index (χ1v) is 7.52. The maximum atomic E-state index is 5.24. The van der Waals surface area contributed by atoms with Crippen LogP contribution in [-0.4, -0.2) is 7.11 Å². The number of hydrogen-bond acceptors (Lipinski definition) is 2. The van der Waals surface area contributed by atoms with Crippen LogP contribution >= 0.6 is 15.9 Å². The van der Waals surface area contributed by atoms with E-state index >= 15 is 0 Å². The molecular weight excluding hydrogens is 314 g/mol. The molecule has 2 rings (SSSR count). The van der Waals surface area contributed by atoms with Crippen LogP contribution in [-0.2, 0) is 6.54 Å². The number of ether oxygens (including phenoxy) is 1. The summed E-state index contributed by atoms with van der Waals surface area (Å²) in [5.74, 6) is 0.861. The Morgan fingerprint density at radius 3 is 2.45 bits per heavy atom. The topological polar surface area (TPSA) is 21.3 Å². The first-order chi connectivity index (χ1) is 9.60. The summed E-state index contributed by atoms with van der Waals surface area (Å²) in [5.41, 5.74) is 3.83. The molecule has 0 aromatic heterocycles. The lowest BCUT2D eigenvalue weighted by Gasteiger charge is -2.15. The molecule has 0 fully saturated rings. The first-order valence-electron chi connectivity index (χ1n) is 6.72. The number of nitrogens with one attached hydrogen (secondary N) is 1. The highest BCUT2D eigenvalue weighted by Gasteiger charge is 2.06. The van der Waals surface area contributed by atoms with Crippen molar-refractivity contribution in [1.29, 1.82) is 0 Å². The zero-order chi connectivity index (χ0) is 14.5. The molecule has 0 heterocycles. The molecule has 0 aliphatic heterocycles. The number of rotatable bonds is 5. The SMILES string of the molecule is COc1ccc(CNC(C)c2ccc(C)cc2)cc1Br. The van der Waals surface area contributed by atoms with Gasteiger partial charge in [0.1, 0.15) is 5.75 Å². The number of benzene rings is 2. The van der Waals surface area contributed by atoms with E-state index < -0.39 is 0 Å². The average Bonchev–Trinajstić information content (AvgIpc) is 2.45. The summed E-state index contributed by atoms with van der Waals surface area (Å²) in [5, 5.41) is 3.54. The van der Waals surface area contributed by atoms with E-state index in [2.05, 4.69) is 71.5 Å². The normalized spacial score (nSPS) is 12.2. The fourth-order valence-corrected chi connectivity index (χ4v) is 2.65. The van der Waals surface area contributed by atoms with Crippen LogP contribution < -0.4 is 10.1 Å². The van der Waals surface area contributed by atoms with E-state index in [9.17, 15) is 0 Å². The van der Waals surface area contributed by atoms with E-state index in [4.69, 9.17) is 4.74 Å². The second-order valence-corrected chi connectivity index (χ2v) is 5.84. The van der Waals surface area contributed by atoms with Crippen molar-refractivity contribution in [2.24, 2.45) is 0 Å². The Balaban J connectivity index is 1.97. The fraction of sp³-hybridized carbons (Fsp3) is 0.294. The minimum atomic E-state index is 0.330. The Bertz CT molecular complexity index is 566. The smallest absolute Gasteiger partial charge is 0.133 e. The largest absolute Gasteiger partial charge is 0.496 e. The molecule has 2 aromatic rings. The van der Waals surface area contributed by atoms with Crippen molar-refractivity contribution in [2.75, 3.05) is 7.11 Å². The minimum Gasteiger partial charge on any atom is -0.496 e. The zero-order valence-electron chi connectivity index (χ0n) is 12.1. The van der Waals surface area contributed by atoms with Gasteiger partial charge in [-0.25, -0.2) is 0 Å². The van der Waals surface area contributed by atoms with Crippen LogP contribution in [0.1, 0.15) is 29.7 Å². The number of halogens is 1. The maximum Gasteiger partial charge on any atom is 0.133 e. The minimum absolute atomic E-state index is 0.330. The van der Waals surface area contributed by atoms with Gasteiger partial charge in [-0.3, -0.25) is 0 Å². The molecule has 2 aromatic carbocycles. The van der Waals surface area contributed by atoms with Gasteiger partial charge in [-0.05, 0) is 53.0 Å². The van der Waals surface area contributed by atoms with Crippen LogP contribution in [0.5, 0.6) is 5.75 Å². The third kappa shape index (κ3) is 3.84. The molecule has 1 N–H and O–H groups in total. The molecule has 3 heteroatoms. The Hall–Kier alpha value is -1.32. The lowest BCUT2D eigenvalue weighted by molar-refractivity contribution is 0.412. The highest BCUT2D eigenvalue weighted by Crippen LogP contribution is 2.25. The van der Waals surface area contributed by atoms with Gasteiger partial charge >= 0.3 is 0 Å². The first kappa shape index (κ1) is 15.1. The third-order valence-corrected chi connectivity index (χ3v) is 4.03. The Morgan fingerprint density at radius 1 is 1.15 bits per heavy atom. The van der Waals surface area contributed by atoms with E-state index in [1.807, 2.05) is 6.07 Å². The molecule has 106 valence electrons. The predicted octanol–water partition coefficient (Wildman–Crippen LogP) is 4.62. The van der Waals surface area contributed by atoms with Crippen LogP contribution in [0.15, 0.2) is 46.9 Å². The van der Waals surface area contributed by atoms with Crippen molar-refractivity contribution >= 4 is 15.9 Å². The summed E-state index contributed by atoms with van der Waals surface area (Å²) in [6, 6.07) is 15.1. The molecule has 1 unspecified atom stereocenters. The van der Waals surface area contributed by atoms with E-state index in [0.29, 0.717) is 6.04 Å². The van der Waals surface area contributed by atoms with Crippen molar-refractivity contribution in [3.8, 4) is 5.75 Å². The average molecular weight is 334 g/mol. The summed E-state index contributed by atoms with van der Waals surface area (Å²) < 4.78 is 6.23. The standard InChI is InChI=1S/C17H20BrNO/c1-12-4-7-15(8-5-12)13(2)19-11-14-6-9-17(20-3)16(18)10-14/h4-10,13,19H,11H2,1-3H3. The highest BCUT2D eigenvalue weighted by molar-refractivity contribution is 9.10. The van der Waals surface area contributed by atoms with Gasteiger partial charge < -0.3 is 10.1 Å².